The molecule has 0 saturated carbocycles. The van der Waals surface area contributed by atoms with Crippen LogP contribution in [-0.2, 0) is 6.42 Å². The number of H-pyrrole nitrogens is 1. The summed E-state index contributed by atoms with van der Waals surface area (Å²) in [5.41, 5.74) is 4.42. The number of nitrogens with one attached hydrogen (secondary N) is 1. The van der Waals surface area contributed by atoms with E-state index in [-0.39, 0.29) is 0 Å². The number of para-hydroxylation sites is 1. The molecule has 0 aliphatic heterocycles. The highest BCUT2D eigenvalue weighted by Gasteiger charge is 2.07. The fourth-order valence-corrected chi connectivity index (χ4v) is 3.13. The molecule has 3 heteroatoms. The molecular weight excluding hydrogens is 324 g/mol. The zero-order valence-corrected chi connectivity index (χ0v) is 12.9. The highest BCUT2D eigenvalue weighted by Crippen LogP contribution is 2.25. The van der Waals surface area contributed by atoms with Crippen LogP contribution in [0.5, 0.6) is 0 Å². The molecule has 0 bridgehead atoms. The van der Waals surface area contributed by atoms with Gasteiger partial charge in [-0.1, -0.05) is 52.3 Å². The summed E-state index contributed by atoms with van der Waals surface area (Å²) in [6.07, 6.45) is 0.826. The second kappa shape index (κ2) is 5.01. The molecule has 2 heterocycles. The van der Waals surface area contributed by atoms with Gasteiger partial charge in [0.2, 0.25) is 0 Å². The van der Waals surface area contributed by atoms with Crippen molar-refractivity contribution in [1.82, 2.24) is 9.97 Å². The summed E-state index contributed by atoms with van der Waals surface area (Å²) in [5, 5.41) is 2.41. The highest BCUT2D eigenvalue weighted by atomic mass is 79.9. The number of benzene rings is 2. The predicted molar refractivity (Wildman–Crippen MR) is 90.5 cm³/mol. The molecule has 2 aromatic heterocycles. The van der Waals surface area contributed by atoms with Crippen LogP contribution in [0.15, 0.2) is 65.1 Å². The van der Waals surface area contributed by atoms with E-state index in [0.717, 1.165) is 27.8 Å². The van der Waals surface area contributed by atoms with E-state index in [0.29, 0.717) is 0 Å². The van der Waals surface area contributed by atoms with Gasteiger partial charge in [0, 0.05) is 32.9 Å². The fourth-order valence-electron chi connectivity index (χ4n) is 2.70. The van der Waals surface area contributed by atoms with Crippen LogP contribution in [-0.4, -0.2) is 9.97 Å². The van der Waals surface area contributed by atoms with Crippen LogP contribution in [0, 0.1) is 0 Å². The molecule has 2 aromatic carbocycles. The van der Waals surface area contributed by atoms with E-state index in [2.05, 4.69) is 69.4 Å². The van der Waals surface area contributed by atoms with E-state index in [1.807, 2.05) is 12.1 Å². The molecule has 4 rings (SSSR count). The Balaban J connectivity index is 1.80. The molecule has 0 aliphatic carbocycles. The number of halogens is 1. The largest absolute Gasteiger partial charge is 0.339 e. The van der Waals surface area contributed by atoms with Crippen LogP contribution in [0.25, 0.3) is 21.9 Å². The molecule has 0 radical (unpaired) electrons. The third-order valence-corrected chi connectivity index (χ3v) is 4.53. The summed E-state index contributed by atoms with van der Waals surface area (Å²) < 4.78 is 1.13. The average Bonchev–Trinajstić information content (AvgIpc) is 2.87. The van der Waals surface area contributed by atoms with Gasteiger partial charge in [0.15, 0.2) is 0 Å². The molecule has 0 atom stereocenters. The van der Waals surface area contributed by atoms with Crippen molar-refractivity contribution in [3.05, 3.63) is 76.4 Å². The summed E-state index contributed by atoms with van der Waals surface area (Å²) in [4.78, 5) is 8.17. The quantitative estimate of drug-likeness (QED) is 0.544. The smallest absolute Gasteiger partial charge is 0.138 e. The van der Waals surface area contributed by atoms with E-state index >= 15 is 0 Å². The van der Waals surface area contributed by atoms with Crippen molar-refractivity contribution >= 4 is 37.9 Å². The molecule has 0 saturated heterocycles. The number of aromatic nitrogens is 2. The minimum Gasteiger partial charge on any atom is -0.339 e. The van der Waals surface area contributed by atoms with Gasteiger partial charge in [-0.25, -0.2) is 4.98 Å². The van der Waals surface area contributed by atoms with E-state index in [1.165, 1.54) is 16.3 Å². The van der Waals surface area contributed by atoms with Crippen molar-refractivity contribution in [2.45, 2.75) is 6.42 Å². The standard InChI is InChI=1S/C18H13BrN2/c19-16-7-3-1-5-12(16)11-13-9-10-15-14-6-2-4-8-17(14)21-18(15)20-13/h1-10H,11H2,(H,20,21). The Bertz CT molecular complexity index is 940. The Morgan fingerprint density at radius 2 is 1.67 bits per heavy atom. The van der Waals surface area contributed by atoms with Gasteiger partial charge in [-0.2, -0.15) is 0 Å². The first-order chi connectivity index (χ1) is 10.3. The Morgan fingerprint density at radius 1 is 0.857 bits per heavy atom. The molecule has 0 fully saturated rings. The number of fused-ring (bicyclic) bond motifs is 3. The van der Waals surface area contributed by atoms with Crippen molar-refractivity contribution in [2.24, 2.45) is 0 Å². The fraction of sp³-hybridized carbons (Fsp3) is 0.0556. The van der Waals surface area contributed by atoms with Crippen LogP contribution >= 0.6 is 15.9 Å². The summed E-state index contributed by atoms with van der Waals surface area (Å²) in [6, 6.07) is 20.9. The summed E-state index contributed by atoms with van der Waals surface area (Å²) >= 11 is 3.60. The molecule has 0 amide bonds. The lowest BCUT2D eigenvalue weighted by atomic mass is 10.1. The topological polar surface area (TPSA) is 28.7 Å². The first-order valence-electron chi connectivity index (χ1n) is 6.91. The molecule has 1 N–H and O–H groups in total. The zero-order chi connectivity index (χ0) is 14.2. The third-order valence-electron chi connectivity index (χ3n) is 3.75. The first-order valence-corrected chi connectivity index (χ1v) is 7.70. The number of rotatable bonds is 2. The number of pyridine rings is 1. The lowest BCUT2D eigenvalue weighted by Gasteiger charge is -2.04. The molecular formula is C18H13BrN2. The molecule has 0 aliphatic rings. The zero-order valence-electron chi connectivity index (χ0n) is 11.3. The SMILES string of the molecule is Brc1ccccc1Cc1ccc2c(n1)[nH]c1ccccc12. The maximum atomic E-state index is 4.77. The van der Waals surface area contributed by atoms with Crippen molar-refractivity contribution in [3.63, 3.8) is 0 Å². The normalized spacial score (nSPS) is 11.3. The number of hydrogen-bond acceptors (Lipinski definition) is 1. The molecule has 0 spiro atoms. The summed E-state index contributed by atoms with van der Waals surface area (Å²) in [5.74, 6) is 0. The highest BCUT2D eigenvalue weighted by molar-refractivity contribution is 9.10. The van der Waals surface area contributed by atoms with Gasteiger partial charge in [-0.3, -0.25) is 0 Å². The van der Waals surface area contributed by atoms with Gasteiger partial charge in [-0.15, -0.1) is 0 Å². The molecule has 21 heavy (non-hydrogen) atoms. The van der Waals surface area contributed by atoms with Gasteiger partial charge in [0.25, 0.3) is 0 Å². The van der Waals surface area contributed by atoms with Crippen molar-refractivity contribution in [3.8, 4) is 0 Å². The minimum atomic E-state index is 0.826. The van der Waals surface area contributed by atoms with Gasteiger partial charge < -0.3 is 4.98 Å². The van der Waals surface area contributed by atoms with Crippen LogP contribution in [0.1, 0.15) is 11.3 Å². The number of nitrogens with zero attached hydrogens (tertiary/aromatic N) is 1. The van der Waals surface area contributed by atoms with Crippen LogP contribution < -0.4 is 0 Å². The van der Waals surface area contributed by atoms with E-state index in [1.54, 1.807) is 0 Å². The molecule has 4 aromatic rings. The summed E-state index contributed by atoms with van der Waals surface area (Å²) in [6.45, 7) is 0. The van der Waals surface area contributed by atoms with Crippen molar-refractivity contribution in [1.29, 1.82) is 0 Å². The number of aromatic amines is 1. The minimum absolute atomic E-state index is 0.826. The van der Waals surface area contributed by atoms with Crippen molar-refractivity contribution < 1.29 is 0 Å². The Morgan fingerprint density at radius 3 is 2.57 bits per heavy atom. The average molecular weight is 337 g/mol. The lowest BCUT2D eigenvalue weighted by molar-refractivity contribution is 1.08. The Kier molecular flexibility index (Phi) is 3.00. The van der Waals surface area contributed by atoms with E-state index in [9.17, 15) is 0 Å². The van der Waals surface area contributed by atoms with Crippen LogP contribution in [0.3, 0.4) is 0 Å². The Labute approximate surface area is 131 Å². The summed E-state index contributed by atoms with van der Waals surface area (Å²) in [7, 11) is 0. The van der Waals surface area contributed by atoms with Gasteiger partial charge >= 0.3 is 0 Å². The molecule has 102 valence electrons. The maximum absolute atomic E-state index is 4.77. The second-order valence-electron chi connectivity index (χ2n) is 5.14. The van der Waals surface area contributed by atoms with E-state index < -0.39 is 0 Å². The second-order valence-corrected chi connectivity index (χ2v) is 5.99. The van der Waals surface area contributed by atoms with Gasteiger partial charge in [-0.05, 0) is 29.8 Å². The van der Waals surface area contributed by atoms with Crippen LogP contribution in [0.2, 0.25) is 0 Å². The Hall–Kier alpha value is -2.13. The van der Waals surface area contributed by atoms with Gasteiger partial charge in [0.1, 0.15) is 5.65 Å². The third kappa shape index (κ3) is 2.24. The lowest BCUT2D eigenvalue weighted by Crippen LogP contribution is -1.93. The van der Waals surface area contributed by atoms with Crippen LogP contribution in [0.4, 0.5) is 0 Å². The van der Waals surface area contributed by atoms with E-state index in [4.69, 9.17) is 4.98 Å². The molecule has 0 unspecified atom stereocenters. The predicted octanol–water partition coefficient (Wildman–Crippen LogP) is 5.07. The van der Waals surface area contributed by atoms with Gasteiger partial charge in [0.05, 0.1) is 0 Å². The first kappa shape index (κ1) is 12.6. The monoisotopic (exact) mass is 336 g/mol. The van der Waals surface area contributed by atoms with Crippen molar-refractivity contribution in [2.75, 3.05) is 0 Å². The number of hydrogen-bond donors (Lipinski definition) is 1. The maximum Gasteiger partial charge on any atom is 0.138 e. The molecule has 2 nitrogen and oxygen atoms in total.